The fourth-order valence-corrected chi connectivity index (χ4v) is 4.44. The highest BCUT2D eigenvalue weighted by Gasteiger charge is 2.19. The van der Waals surface area contributed by atoms with Gasteiger partial charge in [-0.15, -0.1) is 11.3 Å². The maximum atomic E-state index is 13.4. The molecule has 0 fully saturated rings. The minimum Gasteiger partial charge on any atom is -0.309 e. The second-order valence-electron chi connectivity index (χ2n) is 5.75. The topological polar surface area (TPSA) is 12.0 Å². The van der Waals surface area contributed by atoms with Gasteiger partial charge in [-0.2, -0.15) is 0 Å². The lowest BCUT2D eigenvalue weighted by molar-refractivity contribution is 0.554. The van der Waals surface area contributed by atoms with Crippen molar-refractivity contribution in [1.29, 1.82) is 0 Å². The summed E-state index contributed by atoms with van der Waals surface area (Å²) in [4.78, 5) is 2.98. The lowest BCUT2D eigenvalue weighted by Crippen LogP contribution is -2.22. The fraction of sp³-hybridized carbons (Fsp3) is 0.444. The number of hydrogen-bond donors (Lipinski definition) is 1. The predicted octanol–water partition coefficient (Wildman–Crippen LogP) is 4.66. The monoisotopic (exact) mass is 303 g/mol. The molecular formula is C18H22FNS. The first kappa shape index (κ1) is 14.7. The van der Waals surface area contributed by atoms with Gasteiger partial charge in [0.1, 0.15) is 5.82 Å². The first-order valence-electron chi connectivity index (χ1n) is 7.85. The van der Waals surface area contributed by atoms with E-state index in [1.807, 2.05) is 17.4 Å². The van der Waals surface area contributed by atoms with E-state index >= 15 is 0 Å². The van der Waals surface area contributed by atoms with Crippen LogP contribution in [-0.4, -0.2) is 6.54 Å². The highest BCUT2D eigenvalue weighted by molar-refractivity contribution is 7.12. The van der Waals surface area contributed by atoms with Gasteiger partial charge in [0, 0.05) is 15.8 Å². The van der Waals surface area contributed by atoms with E-state index in [1.54, 1.807) is 22.6 Å². The van der Waals surface area contributed by atoms with E-state index in [0.717, 1.165) is 18.5 Å². The van der Waals surface area contributed by atoms with Gasteiger partial charge in [-0.3, -0.25) is 0 Å². The number of benzene rings is 1. The Morgan fingerprint density at radius 3 is 2.86 bits per heavy atom. The van der Waals surface area contributed by atoms with E-state index in [9.17, 15) is 4.39 Å². The number of nitrogens with one attached hydrogen (secondary N) is 1. The maximum absolute atomic E-state index is 13.4. The van der Waals surface area contributed by atoms with Gasteiger partial charge in [0.25, 0.3) is 0 Å². The van der Waals surface area contributed by atoms with Gasteiger partial charge in [0.2, 0.25) is 0 Å². The van der Waals surface area contributed by atoms with Crippen molar-refractivity contribution in [2.24, 2.45) is 0 Å². The second-order valence-corrected chi connectivity index (χ2v) is 6.92. The lowest BCUT2D eigenvalue weighted by atomic mass is 9.98. The molecule has 1 heterocycles. The van der Waals surface area contributed by atoms with Crippen LogP contribution in [0, 0.1) is 5.82 Å². The Labute approximate surface area is 130 Å². The van der Waals surface area contributed by atoms with Crippen molar-refractivity contribution in [2.45, 2.75) is 45.1 Å². The number of halogens is 1. The SMILES string of the molecule is CCNC(Cc1cccc(F)c1)c1cc2c(s1)CCCC2. The Bertz CT molecular complexity index is 582. The lowest BCUT2D eigenvalue weighted by Gasteiger charge is -2.16. The summed E-state index contributed by atoms with van der Waals surface area (Å²) in [6.45, 7) is 3.06. The summed E-state index contributed by atoms with van der Waals surface area (Å²) in [6, 6.07) is 9.65. The molecule has 0 radical (unpaired) electrons. The van der Waals surface area contributed by atoms with Gasteiger partial charge in [-0.05, 0) is 68.0 Å². The molecule has 1 N–H and O–H groups in total. The summed E-state index contributed by atoms with van der Waals surface area (Å²) in [6.07, 6.45) is 5.95. The Hall–Kier alpha value is -1.19. The van der Waals surface area contributed by atoms with Crippen LogP contribution in [0.3, 0.4) is 0 Å². The number of likely N-dealkylation sites (N-methyl/N-ethyl adjacent to an activating group) is 1. The molecule has 1 nitrogen and oxygen atoms in total. The molecule has 3 heteroatoms. The molecule has 1 aliphatic rings. The van der Waals surface area contributed by atoms with E-state index in [4.69, 9.17) is 0 Å². The second kappa shape index (κ2) is 6.71. The summed E-state index contributed by atoms with van der Waals surface area (Å²) >= 11 is 1.95. The third kappa shape index (κ3) is 3.53. The molecule has 0 saturated carbocycles. The zero-order valence-corrected chi connectivity index (χ0v) is 13.3. The molecule has 1 atom stereocenters. The smallest absolute Gasteiger partial charge is 0.123 e. The molecule has 1 aromatic heterocycles. The Morgan fingerprint density at radius 2 is 2.10 bits per heavy atom. The summed E-state index contributed by atoms with van der Waals surface area (Å²) in [7, 11) is 0. The van der Waals surface area contributed by atoms with Crippen LogP contribution in [0.5, 0.6) is 0 Å². The highest BCUT2D eigenvalue weighted by atomic mass is 32.1. The molecule has 2 aromatic rings. The van der Waals surface area contributed by atoms with Gasteiger partial charge >= 0.3 is 0 Å². The molecular weight excluding hydrogens is 281 g/mol. The minimum atomic E-state index is -0.145. The number of fused-ring (bicyclic) bond motifs is 1. The number of hydrogen-bond acceptors (Lipinski definition) is 2. The Morgan fingerprint density at radius 1 is 1.24 bits per heavy atom. The predicted molar refractivity (Wildman–Crippen MR) is 87.5 cm³/mol. The quantitative estimate of drug-likeness (QED) is 0.847. The molecule has 0 saturated heterocycles. The zero-order chi connectivity index (χ0) is 14.7. The van der Waals surface area contributed by atoms with Crippen LogP contribution in [-0.2, 0) is 19.3 Å². The zero-order valence-electron chi connectivity index (χ0n) is 12.5. The highest BCUT2D eigenvalue weighted by Crippen LogP contribution is 2.34. The van der Waals surface area contributed by atoms with Crippen molar-refractivity contribution < 1.29 is 4.39 Å². The summed E-state index contributed by atoms with van der Waals surface area (Å²) < 4.78 is 13.4. The van der Waals surface area contributed by atoms with Gasteiger partial charge in [0.15, 0.2) is 0 Å². The van der Waals surface area contributed by atoms with Gasteiger partial charge in [-0.25, -0.2) is 4.39 Å². The van der Waals surface area contributed by atoms with E-state index in [-0.39, 0.29) is 5.82 Å². The van der Waals surface area contributed by atoms with E-state index in [2.05, 4.69) is 18.3 Å². The van der Waals surface area contributed by atoms with E-state index in [0.29, 0.717) is 6.04 Å². The molecule has 1 aliphatic carbocycles. The average molecular weight is 303 g/mol. The molecule has 3 rings (SSSR count). The van der Waals surface area contributed by atoms with Crippen molar-refractivity contribution in [3.63, 3.8) is 0 Å². The van der Waals surface area contributed by atoms with Crippen molar-refractivity contribution >= 4 is 11.3 Å². The van der Waals surface area contributed by atoms with Crippen LogP contribution in [0.25, 0.3) is 0 Å². The van der Waals surface area contributed by atoms with Crippen LogP contribution in [0.2, 0.25) is 0 Å². The first-order valence-corrected chi connectivity index (χ1v) is 8.67. The molecule has 1 aromatic carbocycles. The number of rotatable bonds is 5. The molecule has 1 unspecified atom stereocenters. The molecule has 21 heavy (non-hydrogen) atoms. The molecule has 0 aliphatic heterocycles. The molecule has 0 spiro atoms. The standard InChI is InChI=1S/C18H22FNS/c1-2-20-16(11-13-6-5-8-15(19)10-13)18-12-14-7-3-4-9-17(14)21-18/h5-6,8,10,12,16,20H,2-4,7,9,11H2,1H3. The number of aryl methyl sites for hydroxylation is 2. The van der Waals surface area contributed by atoms with Crippen molar-refractivity contribution in [3.8, 4) is 0 Å². The Kier molecular flexibility index (Phi) is 4.71. The fourth-order valence-electron chi connectivity index (χ4n) is 3.10. The van der Waals surface area contributed by atoms with Crippen LogP contribution < -0.4 is 5.32 Å². The van der Waals surface area contributed by atoms with Gasteiger partial charge in [-0.1, -0.05) is 19.1 Å². The Balaban J connectivity index is 1.82. The summed E-state index contributed by atoms with van der Waals surface area (Å²) in [5.41, 5.74) is 2.61. The molecule has 0 amide bonds. The van der Waals surface area contributed by atoms with Gasteiger partial charge in [0.05, 0.1) is 0 Å². The minimum absolute atomic E-state index is 0.145. The van der Waals surface area contributed by atoms with Crippen molar-refractivity contribution in [1.82, 2.24) is 5.32 Å². The van der Waals surface area contributed by atoms with Crippen molar-refractivity contribution in [2.75, 3.05) is 6.54 Å². The number of thiophene rings is 1. The van der Waals surface area contributed by atoms with E-state index < -0.39 is 0 Å². The van der Waals surface area contributed by atoms with Crippen LogP contribution >= 0.6 is 11.3 Å². The normalized spacial score (nSPS) is 15.7. The molecule has 0 bridgehead atoms. The van der Waals surface area contributed by atoms with Crippen LogP contribution in [0.15, 0.2) is 30.3 Å². The average Bonchev–Trinajstić information content (AvgIpc) is 2.91. The first-order chi connectivity index (χ1) is 10.3. The van der Waals surface area contributed by atoms with Gasteiger partial charge < -0.3 is 5.32 Å². The van der Waals surface area contributed by atoms with Crippen LogP contribution in [0.4, 0.5) is 4.39 Å². The third-order valence-electron chi connectivity index (χ3n) is 4.14. The van der Waals surface area contributed by atoms with Crippen molar-refractivity contribution in [3.05, 3.63) is 57.0 Å². The molecule has 112 valence electrons. The van der Waals surface area contributed by atoms with E-state index in [1.165, 1.54) is 36.6 Å². The largest absolute Gasteiger partial charge is 0.309 e. The van der Waals surface area contributed by atoms with Crippen LogP contribution in [0.1, 0.15) is 46.7 Å². The maximum Gasteiger partial charge on any atom is 0.123 e. The summed E-state index contributed by atoms with van der Waals surface area (Å²) in [5, 5.41) is 3.56. The third-order valence-corrected chi connectivity index (χ3v) is 5.49. The summed E-state index contributed by atoms with van der Waals surface area (Å²) in [5.74, 6) is -0.145.